The first-order valence-corrected chi connectivity index (χ1v) is 10.1. The first-order chi connectivity index (χ1) is 14.1. The molecule has 1 unspecified atom stereocenters. The summed E-state index contributed by atoms with van der Waals surface area (Å²) < 4.78 is 0. The van der Waals surface area contributed by atoms with Crippen LogP contribution in [0.1, 0.15) is 24.3 Å². The Morgan fingerprint density at radius 3 is 2.34 bits per heavy atom. The van der Waals surface area contributed by atoms with E-state index in [1.165, 1.54) is 6.21 Å². The van der Waals surface area contributed by atoms with E-state index in [9.17, 15) is 9.90 Å². The Hall–Kier alpha value is -2.53. The number of Topliss-reactive ketones (excluding diaryl/α,β-unsaturated/α-hetero) is 1. The Labute approximate surface area is 171 Å². The van der Waals surface area contributed by atoms with E-state index < -0.39 is 0 Å². The van der Waals surface area contributed by atoms with Crippen LogP contribution in [0.5, 0.6) is 0 Å². The van der Waals surface area contributed by atoms with Crippen molar-refractivity contribution in [1.29, 1.82) is 0 Å². The van der Waals surface area contributed by atoms with Crippen LogP contribution in [0.4, 0.5) is 5.69 Å². The second kappa shape index (κ2) is 10.3. The largest absolute Gasteiger partial charge is 0.511 e. The predicted octanol–water partition coefficient (Wildman–Crippen LogP) is 2.18. The lowest BCUT2D eigenvalue weighted by molar-refractivity contribution is -0.116. The van der Waals surface area contributed by atoms with Crippen LogP contribution < -0.4 is 0 Å². The number of piperazine rings is 1. The van der Waals surface area contributed by atoms with E-state index in [-0.39, 0.29) is 24.1 Å². The summed E-state index contributed by atoms with van der Waals surface area (Å²) in [5.74, 6) is -0.0501. The Kier molecular flexibility index (Phi) is 7.53. The summed E-state index contributed by atoms with van der Waals surface area (Å²) in [6.45, 7) is 13.2. The number of benzene rings is 1. The van der Waals surface area contributed by atoms with Crippen LogP contribution in [0.15, 0.2) is 40.6 Å². The molecule has 7 nitrogen and oxygen atoms in total. The molecule has 2 aliphatic rings. The van der Waals surface area contributed by atoms with E-state index in [1.54, 1.807) is 12.1 Å². The van der Waals surface area contributed by atoms with E-state index in [0.29, 0.717) is 30.6 Å². The minimum atomic E-state index is -0.0885. The van der Waals surface area contributed by atoms with Crippen molar-refractivity contribution in [3.8, 4) is 0 Å². The number of β-amino-alcohol motifs (C(OH)–C–C–N with tert-alkyl or cyclic N) is 1. The number of ketones is 1. The molecule has 1 aliphatic heterocycles. The molecule has 1 aliphatic carbocycles. The third-order valence-corrected chi connectivity index (χ3v) is 5.62. The number of aliphatic imine (C=N–C) groups is 1. The molecule has 1 saturated heterocycles. The maximum absolute atomic E-state index is 12.5. The number of rotatable bonds is 7. The summed E-state index contributed by atoms with van der Waals surface area (Å²) in [5, 5.41) is 19.4. The highest BCUT2D eigenvalue weighted by molar-refractivity contribution is 6.14. The number of nitrogens with zero attached hydrogens (tertiary/aromatic N) is 4. The molecule has 0 radical (unpaired) electrons. The van der Waals surface area contributed by atoms with Crippen molar-refractivity contribution in [2.45, 2.75) is 18.8 Å². The third kappa shape index (κ3) is 5.73. The van der Waals surface area contributed by atoms with E-state index >= 15 is 0 Å². The topological polar surface area (TPSA) is 80.7 Å². The van der Waals surface area contributed by atoms with Crippen molar-refractivity contribution in [2.24, 2.45) is 4.99 Å². The molecule has 0 spiro atoms. The number of allylic oxidation sites excluding steroid dienone is 2. The summed E-state index contributed by atoms with van der Waals surface area (Å²) in [6.07, 6.45) is 2.28. The molecule has 0 bridgehead atoms. The van der Waals surface area contributed by atoms with Crippen molar-refractivity contribution in [3.05, 3.63) is 52.6 Å². The standard InChI is InChI=1S/C22H28N4O3/c1-23-19-4-2-17(3-5-19)18-14-21(28)20(22(29)15-18)16-24-6-7-25-8-10-26(11-9-25)12-13-27/h2-5,16,18,27-28H,6-15H2. The monoisotopic (exact) mass is 396 g/mol. The summed E-state index contributed by atoms with van der Waals surface area (Å²) in [4.78, 5) is 24.8. The van der Waals surface area contributed by atoms with E-state index in [1.807, 2.05) is 12.1 Å². The lowest BCUT2D eigenvalue weighted by Gasteiger charge is -2.33. The van der Waals surface area contributed by atoms with Gasteiger partial charge in [0.2, 0.25) is 0 Å². The van der Waals surface area contributed by atoms with Gasteiger partial charge in [0, 0.05) is 58.3 Å². The second-order valence-electron chi connectivity index (χ2n) is 7.53. The average Bonchev–Trinajstić information content (AvgIpc) is 2.74. The number of carbonyl (C=O) groups is 1. The molecule has 0 amide bonds. The molecule has 1 heterocycles. The lowest BCUT2D eigenvalue weighted by Crippen LogP contribution is -2.47. The van der Waals surface area contributed by atoms with Crippen molar-refractivity contribution >= 4 is 17.7 Å². The van der Waals surface area contributed by atoms with E-state index in [0.717, 1.165) is 44.8 Å². The highest BCUT2D eigenvalue weighted by Crippen LogP contribution is 2.33. The highest BCUT2D eigenvalue weighted by atomic mass is 16.3. The van der Waals surface area contributed by atoms with Crippen LogP contribution in [0.3, 0.4) is 0 Å². The number of carbonyl (C=O) groups excluding carboxylic acids is 1. The molecule has 0 saturated carbocycles. The zero-order valence-corrected chi connectivity index (χ0v) is 16.6. The first kappa shape index (κ1) is 21.2. The average molecular weight is 396 g/mol. The summed E-state index contributed by atoms with van der Waals surface area (Å²) in [5.41, 5.74) is 1.86. The number of hydrogen-bond donors (Lipinski definition) is 2. The Balaban J connectivity index is 1.50. The fourth-order valence-corrected chi connectivity index (χ4v) is 3.85. The van der Waals surface area contributed by atoms with Gasteiger partial charge in [-0.3, -0.25) is 19.6 Å². The van der Waals surface area contributed by atoms with Gasteiger partial charge >= 0.3 is 0 Å². The van der Waals surface area contributed by atoms with E-state index in [4.69, 9.17) is 11.7 Å². The highest BCUT2D eigenvalue weighted by Gasteiger charge is 2.27. The molecule has 1 aromatic carbocycles. The van der Waals surface area contributed by atoms with Crippen LogP contribution in [-0.4, -0.2) is 84.4 Å². The van der Waals surface area contributed by atoms with Crippen molar-refractivity contribution in [2.75, 3.05) is 52.4 Å². The molecule has 1 aromatic rings. The van der Waals surface area contributed by atoms with Gasteiger partial charge in [0.05, 0.1) is 25.3 Å². The summed E-state index contributed by atoms with van der Waals surface area (Å²) >= 11 is 0. The Bertz CT molecular complexity index is 802. The SMILES string of the molecule is [C-]#[N+]c1ccc(C2CC(=O)C(C=NCCN3CCN(CCO)CC3)=C(O)C2)cc1. The van der Waals surface area contributed by atoms with Gasteiger partial charge in [-0.1, -0.05) is 24.3 Å². The zero-order valence-electron chi connectivity index (χ0n) is 16.6. The predicted molar refractivity (Wildman–Crippen MR) is 113 cm³/mol. The summed E-state index contributed by atoms with van der Waals surface area (Å²) in [6, 6.07) is 7.21. The summed E-state index contributed by atoms with van der Waals surface area (Å²) in [7, 11) is 0. The molecule has 154 valence electrons. The normalized spacial score (nSPS) is 21.7. The molecular weight excluding hydrogens is 368 g/mol. The number of aliphatic hydroxyl groups is 2. The van der Waals surface area contributed by atoms with Gasteiger partial charge in [0.25, 0.3) is 0 Å². The lowest BCUT2D eigenvalue weighted by atomic mass is 9.83. The molecule has 0 aromatic heterocycles. The van der Waals surface area contributed by atoms with Crippen LogP contribution in [0, 0.1) is 6.57 Å². The molecule has 1 fully saturated rings. The molecule has 1 atom stereocenters. The number of aliphatic hydroxyl groups excluding tert-OH is 2. The minimum Gasteiger partial charge on any atom is -0.511 e. The van der Waals surface area contributed by atoms with E-state index in [2.05, 4.69) is 19.6 Å². The first-order valence-electron chi connectivity index (χ1n) is 10.1. The van der Waals surface area contributed by atoms with Gasteiger partial charge in [-0.15, -0.1) is 0 Å². The van der Waals surface area contributed by atoms with Crippen LogP contribution in [0.25, 0.3) is 4.85 Å². The minimum absolute atomic E-state index is 0.0605. The third-order valence-electron chi connectivity index (χ3n) is 5.62. The van der Waals surface area contributed by atoms with Crippen molar-refractivity contribution < 1.29 is 15.0 Å². The fourth-order valence-electron chi connectivity index (χ4n) is 3.85. The second-order valence-corrected chi connectivity index (χ2v) is 7.53. The van der Waals surface area contributed by atoms with Crippen LogP contribution >= 0.6 is 0 Å². The van der Waals surface area contributed by atoms with Crippen molar-refractivity contribution in [3.63, 3.8) is 0 Å². The quantitative estimate of drug-likeness (QED) is 0.545. The molecule has 7 heteroatoms. The van der Waals surface area contributed by atoms with Crippen LogP contribution in [0.2, 0.25) is 0 Å². The zero-order chi connectivity index (χ0) is 20.6. The van der Waals surface area contributed by atoms with Gasteiger partial charge in [0.15, 0.2) is 11.5 Å². The van der Waals surface area contributed by atoms with Gasteiger partial charge in [-0.25, -0.2) is 4.85 Å². The molecular formula is C22H28N4O3. The van der Waals surface area contributed by atoms with Crippen molar-refractivity contribution in [1.82, 2.24) is 9.80 Å². The Morgan fingerprint density at radius 1 is 1.10 bits per heavy atom. The maximum Gasteiger partial charge on any atom is 0.187 e. The molecule has 29 heavy (non-hydrogen) atoms. The van der Waals surface area contributed by atoms with Gasteiger partial charge < -0.3 is 10.2 Å². The smallest absolute Gasteiger partial charge is 0.187 e. The van der Waals surface area contributed by atoms with Gasteiger partial charge in [0.1, 0.15) is 5.76 Å². The van der Waals surface area contributed by atoms with Gasteiger partial charge in [-0.05, 0) is 11.5 Å². The maximum atomic E-state index is 12.5. The fraction of sp³-hybridized carbons (Fsp3) is 0.500. The van der Waals surface area contributed by atoms with Gasteiger partial charge in [-0.2, -0.15) is 0 Å². The molecule has 3 rings (SSSR count). The Morgan fingerprint density at radius 2 is 1.76 bits per heavy atom. The number of hydrogen-bond acceptors (Lipinski definition) is 6. The molecule has 2 N–H and O–H groups in total. The van der Waals surface area contributed by atoms with Crippen LogP contribution in [-0.2, 0) is 4.79 Å².